The first-order chi connectivity index (χ1) is 39.0. The molecule has 0 spiro atoms. The normalized spacial score (nSPS) is 13.4. The summed E-state index contributed by atoms with van der Waals surface area (Å²) in [5.74, 6) is -1.02. The number of hydrogen-bond donors (Lipinski definition) is 0. The molecular weight excluding hydrogens is 973 g/mol. The van der Waals surface area contributed by atoms with E-state index in [2.05, 4.69) is 203 Å². The lowest BCUT2D eigenvalue weighted by molar-refractivity contribution is -0.167. The van der Waals surface area contributed by atoms with Crippen LogP contribution in [0.1, 0.15) is 239 Å². The Morgan fingerprint density at radius 1 is 0.266 bits per heavy atom. The topological polar surface area (TPSA) is 78.9 Å². The molecule has 0 N–H and O–H groups in total. The van der Waals surface area contributed by atoms with Gasteiger partial charge in [0.1, 0.15) is 13.2 Å². The molecule has 0 aliphatic rings. The summed E-state index contributed by atoms with van der Waals surface area (Å²) in [7, 11) is 0. The van der Waals surface area contributed by atoms with Gasteiger partial charge in [-0.25, -0.2) is 0 Å². The highest BCUT2D eigenvalue weighted by Gasteiger charge is 2.19. The average Bonchev–Trinajstić information content (AvgIpc) is 3.45. The van der Waals surface area contributed by atoms with Gasteiger partial charge in [0, 0.05) is 19.3 Å². The van der Waals surface area contributed by atoms with E-state index in [1.165, 1.54) is 38.5 Å². The fourth-order valence-electron chi connectivity index (χ4n) is 7.80. The summed E-state index contributed by atoms with van der Waals surface area (Å²) in [5.41, 5.74) is 0. The second kappa shape index (κ2) is 65.0. The first-order valence-electron chi connectivity index (χ1n) is 31.3. The van der Waals surface area contributed by atoms with Crippen LogP contribution in [0.4, 0.5) is 0 Å². The predicted octanol–water partition coefficient (Wildman–Crippen LogP) is 21.7. The molecular formula is C73H112O6. The number of unbranched alkanes of at least 4 members (excludes halogenated alkanes) is 13. The zero-order valence-corrected chi connectivity index (χ0v) is 50.3. The van der Waals surface area contributed by atoms with E-state index < -0.39 is 6.10 Å². The minimum absolute atomic E-state index is 0.117. The van der Waals surface area contributed by atoms with Crippen molar-refractivity contribution in [1.29, 1.82) is 0 Å². The lowest BCUT2D eigenvalue weighted by Crippen LogP contribution is -2.30. The van der Waals surface area contributed by atoms with Crippen LogP contribution >= 0.6 is 0 Å². The van der Waals surface area contributed by atoms with Crippen molar-refractivity contribution >= 4 is 17.9 Å². The van der Waals surface area contributed by atoms with Gasteiger partial charge in [0.2, 0.25) is 0 Å². The standard InChI is InChI=1S/C73H112O6/c1-4-7-10-13-16-19-21-23-25-27-29-31-33-34-35-36-37-38-40-41-43-45-47-49-51-54-57-60-63-66-72(75)78-69-70(68-77-71(74)65-62-59-56-53-18-15-12-9-6-3)79-73(76)67-64-61-58-55-52-50-48-46-44-42-39-32-30-28-26-24-22-20-17-14-11-8-5-2/h7-8,10-11,16-17,19-20,23-26,29-32,34-35,37-38,41-44,47-50,55,58,70H,4-6,9,12-15,18,21-22,27-28,33,36,39-40,45-46,51-54,56-57,59-69H2,1-3H3/b10-7-,11-8-,19-16-,20-17-,25-23-,26-24-,31-29-,32-30-,35-34-,38-37-,43-41-,44-42-,49-47-,50-48-,58-55-. The maximum absolute atomic E-state index is 12.9. The van der Waals surface area contributed by atoms with E-state index in [1.807, 2.05) is 0 Å². The molecule has 0 aromatic rings. The van der Waals surface area contributed by atoms with Gasteiger partial charge in [-0.3, -0.25) is 14.4 Å². The molecule has 0 heterocycles. The second-order valence-corrected chi connectivity index (χ2v) is 19.9. The fourth-order valence-corrected chi connectivity index (χ4v) is 7.80. The Balaban J connectivity index is 4.43. The zero-order valence-electron chi connectivity index (χ0n) is 50.3. The summed E-state index contributed by atoms with van der Waals surface area (Å²) in [5, 5.41) is 0. The molecule has 1 unspecified atom stereocenters. The third-order valence-corrected chi connectivity index (χ3v) is 12.4. The first kappa shape index (κ1) is 73.5. The van der Waals surface area contributed by atoms with Crippen LogP contribution in [0.15, 0.2) is 182 Å². The van der Waals surface area contributed by atoms with Crippen LogP contribution in [-0.4, -0.2) is 37.2 Å². The van der Waals surface area contributed by atoms with Crippen molar-refractivity contribution in [2.24, 2.45) is 0 Å². The van der Waals surface area contributed by atoms with Crippen molar-refractivity contribution in [2.75, 3.05) is 13.2 Å². The van der Waals surface area contributed by atoms with Crippen LogP contribution in [0.25, 0.3) is 0 Å². The van der Waals surface area contributed by atoms with Gasteiger partial charge in [0.05, 0.1) is 0 Å². The molecule has 0 rings (SSSR count). The Morgan fingerprint density at radius 3 is 0.810 bits per heavy atom. The number of allylic oxidation sites excluding steroid dienone is 30. The third kappa shape index (κ3) is 63.2. The van der Waals surface area contributed by atoms with E-state index in [1.54, 1.807) is 0 Å². The highest BCUT2D eigenvalue weighted by atomic mass is 16.6. The Hall–Kier alpha value is -5.49. The minimum Gasteiger partial charge on any atom is -0.462 e. The lowest BCUT2D eigenvalue weighted by Gasteiger charge is -2.18. The van der Waals surface area contributed by atoms with Gasteiger partial charge in [-0.2, -0.15) is 0 Å². The Kier molecular flexibility index (Phi) is 60.5. The molecule has 1 atom stereocenters. The summed E-state index contributed by atoms with van der Waals surface area (Å²) < 4.78 is 16.8. The van der Waals surface area contributed by atoms with Crippen LogP contribution in [0.3, 0.4) is 0 Å². The summed E-state index contributed by atoms with van der Waals surface area (Å²) in [6.45, 7) is 6.30. The summed E-state index contributed by atoms with van der Waals surface area (Å²) in [4.78, 5) is 38.1. The highest BCUT2D eigenvalue weighted by molar-refractivity contribution is 5.71. The van der Waals surface area contributed by atoms with Crippen LogP contribution in [0.2, 0.25) is 0 Å². The lowest BCUT2D eigenvalue weighted by atomic mass is 10.1. The molecule has 440 valence electrons. The van der Waals surface area contributed by atoms with Crippen LogP contribution in [-0.2, 0) is 28.6 Å². The largest absolute Gasteiger partial charge is 0.462 e. The molecule has 0 bridgehead atoms. The van der Waals surface area contributed by atoms with E-state index in [-0.39, 0.29) is 37.5 Å². The van der Waals surface area contributed by atoms with Gasteiger partial charge in [-0.05, 0) is 135 Å². The van der Waals surface area contributed by atoms with Crippen LogP contribution in [0.5, 0.6) is 0 Å². The number of carbonyl (C=O) groups is 3. The van der Waals surface area contributed by atoms with Gasteiger partial charge in [-0.15, -0.1) is 0 Å². The van der Waals surface area contributed by atoms with Gasteiger partial charge in [0.15, 0.2) is 6.10 Å². The second-order valence-electron chi connectivity index (χ2n) is 19.9. The molecule has 0 saturated carbocycles. The molecule has 0 aliphatic carbocycles. The molecule has 0 radical (unpaired) electrons. The minimum atomic E-state index is -0.828. The SMILES string of the molecule is CC/C=C\C/C=C\C/C=C\C/C=C\C/C=C\C/C=C\C/C=C\C/C=C\CCCCCCC(=O)OCC(COC(=O)CCCCCCCCCCC)OC(=O)CCC/C=C\C/C=C\C/C=C\C/C=C\C/C=C\C/C=C\C/C=C\CC. The van der Waals surface area contributed by atoms with Crippen molar-refractivity contribution in [1.82, 2.24) is 0 Å². The first-order valence-corrected chi connectivity index (χ1v) is 31.3. The van der Waals surface area contributed by atoms with Crippen molar-refractivity contribution < 1.29 is 28.6 Å². The van der Waals surface area contributed by atoms with Crippen LogP contribution in [0, 0.1) is 0 Å². The maximum Gasteiger partial charge on any atom is 0.306 e. The molecule has 0 amide bonds. The van der Waals surface area contributed by atoms with Gasteiger partial charge < -0.3 is 14.2 Å². The highest BCUT2D eigenvalue weighted by Crippen LogP contribution is 2.13. The van der Waals surface area contributed by atoms with Crippen molar-refractivity contribution in [3.8, 4) is 0 Å². The van der Waals surface area contributed by atoms with Gasteiger partial charge in [0.25, 0.3) is 0 Å². The van der Waals surface area contributed by atoms with Crippen molar-refractivity contribution in [2.45, 2.75) is 245 Å². The van der Waals surface area contributed by atoms with Gasteiger partial charge in [-0.1, -0.05) is 267 Å². The Morgan fingerprint density at radius 2 is 0.506 bits per heavy atom. The Bertz CT molecular complexity index is 1870. The molecule has 6 nitrogen and oxygen atoms in total. The number of rotatable bonds is 54. The van der Waals surface area contributed by atoms with E-state index >= 15 is 0 Å². The van der Waals surface area contributed by atoms with Crippen molar-refractivity contribution in [3.63, 3.8) is 0 Å². The molecule has 0 aliphatic heterocycles. The quantitative estimate of drug-likeness (QED) is 0.0261. The maximum atomic E-state index is 12.9. The number of esters is 3. The fraction of sp³-hybridized carbons (Fsp3) is 0.548. The Labute approximate surface area is 484 Å². The number of carbonyl (C=O) groups excluding carboxylic acids is 3. The summed E-state index contributed by atoms with van der Waals surface area (Å²) >= 11 is 0. The van der Waals surface area contributed by atoms with E-state index in [0.717, 1.165) is 154 Å². The molecule has 0 fully saturated rings. The molecule has 0 aromatic carbocycles. The van der Waals surface area contributed by atoms with Crippen LogP contribution < -0.4 is 0 Å². The zero-order chi connectivity index (χ0) is 57.1. The number of ether oxygens (including phenoxy) is 3. The van der Waals surface area contributed by atoms with Gasteiger partial charge >= 0.3 is 17.9 Å². The molecule has 0 saturated heterocycles. The van der Waals surface area contributed by atoms with Crippen molar-refractivity contribution in [3.05, 3.63) is 182 Å². The third-order valence-electron chi connectivity index (χ3n) is 12.4. The molecule has 6 heteroatoms. The average molecular weight is 1090 g/mol. The molecule has 79 heavy (non-hydrogen) atoms. The monoisotopic (exact) mass is 1080 g/mol. The summed E-state index contributed by atoms with van der Waals surface area (Å²) in [6.07, 6.45) is 97.6. The predicted molar refractivity (Wildman–Crippen MR) is 343 cm³/mol. The van der Waals surface area contributed by atoms with E-state index in [0.29, 0.717) is 19.3 Å². The number of hydrogen-bond acceptors (Lipinski definition) is 6. The molecule has 0 aromatic heterocycles. The van der Waals surface area contributed by atoms with E-state index in [4.69, 9.17) is 14.2 Å². The smallest absolute Gasteiger partial charge is 0.306 e. The summed E-state index contributed by atoms with van der Waals surface area (Å²) in [6, 6.07) is 0. The van der Waals surface area contributed by atoms with E-state index in [9.17, 15) is 14.4 Å².